The third kappa shape index (κ3) is 3.93. The standard InChI is InChI=1S/C13H7Br2ClINO/c14-10-4-2-8(17)6-9(10)13(19)18-12-5-7(16)1-3-11(12)15/h1-6H,(H,18,19). The fourth-order valence-corrected chi connectivity index (χ4v) is 2.89. The van der Waals surface area contributed by atoms with Crippen molar-refractivity contribution in [2.24, 2.45) is 0 Å². The number of anilines is 1. The number of carbonyl (C=O) groups is 1. The molecule has 2 rings (SSSR count). The van der Waals surface area contributed by atoms with Gasteiger partial charge in [-0.05, 0) is 90.8 Å². The minimum Gasteiger partial charge on any atom is -0.321 e. The lowest BCUT2D eigenvalue weighted by Crippen LogP contribution is -2.13. The van der Waals surface area contributed by atoms with Gasteiger partial charge in [-0.15, -0.1) is 0 Å². The van der Waals surface area contributed by atoms with Crippen LogP contribution in [-0.4, -0.2) is 5.91 Å². The van der Waals surface area contributed by atoms with Crippen molar-refractivity contribution in [1.29, 1.82) is 0 Å². The zero-order valence-corrected chi connectivity index (χ0v) is 15.5. The van der Waals surface area contributed by atoms with E-state index in [-0.39, 0.29) is 5.91 Å². The molecule has 2 aromatic rings. The van der Waals surface area contributed by atoms with E-state index >= 15 is 0 Å². The number of carbonyl (C=O) groups excluding carboxylic acids is 1. The summed E-state index contributed by atoms with van der Waals surface area (Å²) >= 11 is 14.8. The van der Waals surface area contributed by atoms with Crippen LogP contribution in [0.1, 0.15) is 10.4 Å². The molecule has 19 heavy (non-hydrogen) atoms. The molecule has 1 amide bonds. The summed E-state index contributed by atoms with van der Waals surface area (Å²) in [5, 5.41) is 3.40. The van der Waals surface area contributed by atoms with E-state index in [1.54, 1.807) is 18.2 Å². The lowest BCUT2D eigenvalue weighted by molar-refractivity contribution is 0.102. The monoisotopic (exact) mass is 513 g/mol. The van der Waals surface area contributed by atoms with Crippen molar-refractivity contribution in [3.8, 4) is 0 Å². The van der Waals surface area contributed by atoms with Crippen molar-refractivity contribution in [2.45, 2.75) is 0 Å². The second-order valence-electron chi connectivity index (χ2n) is 3.70. The summed E-state index contributed by atoms with van der Waals surface area (Å²) in [7, 11) is 0. The highest BCUT2D eigenvalue weighted by molar-refractivity contribution is 14.1. The normalized spacial score (nSPS) is 10.3. The Hall–Kier alpha value is -0.110. The van der Waals surface area contributed by atoms with Crippen molar-refractivity contribution in [3.63, 3.8) is 0 Å². The van der Waals surface area contributed by atoms with Crippen LogP contribution in [0.25, 0.3) is 0 Å². The van der Waals surface area contributed by atoms with Gasteiger partial charge in [-0.2, -0.15) is 0 Å². The second kappa shape index (κ2) is 6.56. The zero-order chi connectivity index (χ0) is 14.0. The smallest absolute Gasteiger partial charge is 0.256 e. The topological polar surface area (TPSA) is 29.1 Å². The fraction of sp³-hybridized carbons (Fsp3) is 0. The second-order valence-corrected chi connectivity index (χ2v) is 7.09. The van der Waals surface area contributed by atoms with Crippen LogP contribution in [0.4, 0.5) is 5.69 Å². The summed E-state index contributed by atoms with van der Waals surface area (Å²) in [4.78, 5) is 12.2. The number of benzene rings is 2. The van der Waals surface area contributed by atoms with Gasteiger partial charge in [0.25, 0.3) is 5.91 Å². The number of amides is 1. The first-order valence-electron chi connectivity index (χ1n) is 5.19. The molecule has 0 spiro atoms. The zero-order valence-electron chi connectivity index (χ0n) is 9.38. The first-order chi connectivity index (χ1) is 8.97. The van der Waals surface area contributed by atoms with Gasteiger partial charge in [0.05, 0.1) is 11.3 Å². The van der Waals surface area contributed by atoms with Crippen LogP contribution < -0.4 is 5.32 Å². The molecule has 0 aliphatic rings. The van der Waals surface area contributed by atoms with Gasteiger partial charge in [0.2, 0.25) is 0 Å². The molecular formula is C13H7Br2ClINO. The number of nitrogens with one attached hydrogen (secondary N) is 1. The van der Waals surface area contributed by atoms with Crippen molar-refractivity contribution >= 4 is 77.6 Å². The highest BCUT2D eigenvalue weighted by atomic mass is 127. The van der Waals surface area contributed by atoms with Crippen molar-refractivity contribution in [2.75, 3.05) is 5.32 Å². The van der Waals surface area contributed by atoms with Gasteiger partial charge < -0.3 is 5.32 Å². The third-order valence-electron chi connectivity index (χ3n) is 2.35. The summed E-state index contributed by atoms with van der Waals surface area (Å²) in [6, 6.07) is 10.8. The number of hydrogen-bond acceptors (Lipinski definition) is 1. The van der Waals surface area contributed by atoms with Crippen LogP contribution >= 0.6 is 66.1 Å². The summed E-state index contributed by atoms with van der Waals surface area (Å²) in [5.41, 5.74) is 1.22. The Morgan fingerprint density at radius 2 is 1.79 bits per heavy atom. The van der Waals surface area contributed by atoms with Gasteiger partial charge in [0.1, 0.15) is 0 Å². The summed E-state index contributed by atoms with van der Waals surface area (Å²) in [5.74, 6) is -0.187. The maximum atomic E-state index is 12.2. The summed E-state index contributed by atoms with van der Waals surface area (Å²) < 4.78 is 2.53. The van der Waals surface area contributed by atoms with E-state index in [2.05, 4.69) is 59.8 Å². The maximum absolute atomic E-state index is 12.2. The molecule has 2 aromatic carbocycles. The van der Waals surface area contributed by atoms with Gasteiger partial charge in [0.15, 0.2) is 0 Å². The van der Waals surface area contributed by atoms with E-state index in [0.717, 1.165) is 12.5 Å². The third-order valence-corrected chi connectivity index (χ3v) is 4.64. The molecule has 0 aliphatic carbocycles. The molecular weight excluding hydrogens is 508 g/mol. The predicted molar refractivity (Wildman–Crippen MR) is 94.0 cm³/mol. The lowest BCUT2D eigenvalue weighted by Gasteiger charge is -2.09. The van der Waals surface area contributed by atoms with Crippen LogP contribution in [0, 0.1) is 3.57 Å². The van der Waals surface area contributed by atoms with Crippen molar-refractivity contribution in [3.05, 3.63) is 59.5 Å². The molecule has 0 aromatic heterocycles. The van der Waals surface area contributed by atoms with E-state index < -0.39 is 0 Å². The first kappa shape index (κ1) is 15.3. The number of rotatable bonds is 2. The fourth-order valence-electron chi connectivity index (χ4n) is 1.45. The van der Waals surface area contributed by atoms with E-state index in [1.165, 1.54) is 0 Å². The molecule has 0 unspecified atom stereocenters. The molecule has 0 heterocycles. The van der Waals surface area contributed by atoms with Crippen molar-refractivity contribution in [1.82, 2.24) is 0 Å². The molecule has 0 saturated heterocycles. The van der Waals surface area contributed by atoms with Gasteiger partial charge in [-0.25, -0.2) is 0 Å². The largest absolute Gasteiger partial charge is 0.321 e. The molecule has 0 radical (unpaired) electrons. The van der Waals surface area contributed by atoms with Gasteiger partial charge in [-0.1, -0.05) is 11.6 Å². The predicted octanol–water partition coefficient (Wildman–Crippen LogP) is 5.72. The lowest BCUT2D eigenvalue weighted by atomic mass is 10.2. The molecule has 0 bridgehead atoms. The average molecular weight is 515 g/mol. The Morgan fingerprint density at radius 1 is 1.11 bits per heavy atom. The minimum absolute atomic E-state index is 0.187. The van der Waals surface area contributed by atoms with Crippen LogP contribution in [0.2, 0.25) is 5.02 Å². The Labute approximate surface area is 146 Å². The minimum atomic E-state index is -0.187. The molecule has 0 atom stereocenters. The van der Waals surface area contributed by atoms with Crippen LogP contribution in [0.5, 0.6) is 0 Å². The summed E-state index contributed by atoms with van der Waals surface area (Å²) in [6.07, 6.45) is 0. The van der Waals surface area contributed by atoms with Gasteiger partial charge in [0, 0.05) is 17.5 Å². The van der Waals surface area contributed by atoms with E-state index in [9.17, 15) is 4.79 Å². The molecule has 2 nitrogen and oxygen atoms in total. The van der Waals surface area contributed by atoms with Gasteiger partial charge in [-0.3, -0.25) is 4.79 Å². The molecule has 0 aliphatic heterocycles. The molecule has 98 valence electrons. The highest BCUT2D eigenvalue weighted by Gasteiger charge is 2.12. The number of hydrogen-bond donors (Lipinski definition) is 1. The molecule has 0 saturated carbocycles. The van der Waals surface area contributed by atoms with Crippen LogP contribution in [-0.2, 0) is 0 Å². The van der Waals surface area contributed by atoms with Gasteiger partial charge >= 0.3 is 0 Å². The van der Waals surface area contributed by atoms with E-state index in [1.807, 2.05) is 18.2 Å². The number of halogens is 4. The Balaban J connectivity index is 2.30. The summed E-state index contributed by atoms with van der Waals surface area (Å²) in [6.45, 7) is 0. The molecule has 6 heteroatoms. The Morgan fingerprint density at radius 3 is 2.53 bits per heavy atom. The SMILES string of the molecule is O=C(Nc1cc(Cl)ccc1Br)c1cc(I)ccc1Br. The van der Waals surface area contributed by atoms with Crippen molar-refractivity contribution < 1.29 is 4.79 Å². The quantitative estimate of drug-likeness (QED) is 0.510. The first-order valence-corrected chi connectivity index (χ1v) is 8.23. The van der Waals surface area contributed by atoms with E-state index in [0.29, 0.717) is 16.3 Å². The highest BCUT2D eigenvalue weighted by Crippen LogP contribution is 2.27. The van der Waals surface area contributed by atoms with E-state index in [4.69, 9.17) is 11.6 Å². The van der Waals surface area contributed by atoms with Crippen LogP contribution in [0.3, 0.4) is 0 Å². The Kier molecular flexibility index (Phi) is 5.28. The Bertz CT molecular complexity index is 649. The molecule has 1 N–H and O–H groups in total. The molecule has 0 fully saturated rings. The maximum Gasteiger partial charge on any atom is 0.256 e. The average Bonchev–Trinajstić information content (AvgIpc) is 2.36. The van der Waals surface area contributed by atoms with Crippen LogP contribution in [0.15, 0.2) is 45.3 Å².